The van der Waals surface area contributed by atoms with Gasteiger partial charge in [0, 0.05) is 13.7 Å². The van der Waals surface area contributed by atoms with Crippen molar-refractivity contribution in [2.75, 3.05) is 26.7 Å². The van der Waals surface area contributed by atoms with Crippen molar-refractivity contribution in [2.24, 2.45) is 5.73 Å². The molecule has 1 aliphatic rings. The monoisotopic (exact) mass is 273 g/mol. The van der Waals surface area contributed by atoms with Gasteiger partial charge < -0.3 is 25.8 Å². The molecule has 0 spiro atoms. The second-order valence-electron chi connectivity index (χ2n) is 4.62. The third-order valence-corrected chi connectivity index (χ3v) is 3.22. The molecule has 0 atom stereocenters. The van der Waals surface area contributed by atoms with Crippen LogP contribution in [0.15, 0.2) is 0 Å². The molecule has 108 valence electrons. The van der Waals surface area contributed by atoms with Crippen LogP contribution in [-0.2, 0) is 14.3 Å². The maximum atomic E-state index is 11.8. The highest BCUT2D eigenvalue weighted by Crippen LogP contribution is 2.34. The van der Waals surface area contributed by atoms with Gasteiger partial charge in [-0.1, -0.05) is 0 Å². The quantitative estimate of drug-likeness (QED) is 0.557. The fourth-order valence-corrected chi connectivity index (χ4v) is 1.92. The second-order valence-corrected chi connectivity index (χ2v) is 4.62. The van der Waals surface area contributed by atoms with E-state index in [9.17, 15) is 14.4 Å². The van der Waals surface area contributed by atoms with E-state index in [1.807, 2.05) is 0 Å². The lowest BCUT2D eigenvalue weighted by molar-refractivity contribution is -0.137. The van der Waals surface area contributed by atoms with Crippen LogP contribution in [0, 0.1) is 0 Å². The Kier molecular flexibility index (Phi) is 5.11. The van der Waals surface area contributed by atoms with Crippen molar-refractivity contribution < 1.29 is 24.2 Å². The van der Waals surface area contributed by atoms with Crippen LogP contribution in [0.4, 0.5) is 4.79 Å². The maximum Gasteiger partial charge on any atom is 0.323 e. The molecular formula is C11H19N3O5. The molecule has 0 aliphatic heterocycles. The first-order valence-corrected chi connectivity index (χ1v) is 5.96. The van der Waals surface area contributed by atoms with Crippen molar-refractivity contribution in [1.29, 1.82) is 0 Å². The number of ether oxygens (including phenoxy) is 1. The summed E-state index contributed by atoms with van der Waals surface area (Å²) in [5.74, 6) is -1.97. The number of nitrogens with two attached hydrogens (primary N) is 1. The predicted octanol–water partition coefficient (Wildman–Crippen LogP) is -0.863. The van der Waals surface area contributed by atoms with Gasteiger partial charge in [0.1, 0.15) is 13.1 Å². The minimum absolute atomic E-state index is 0.289. The third kappa shape index (κ3) is 4.40. The average Bonchev–Trinajstić information content (AvgIpc) is 2.25. The Morgan fingerprint density at radius 2 is 2.00 bits per heavy atom. The predicted molar refractivity (Wildman–Crippen MR) is 65.4 cm³/mol. The summed E-state index contributed by atoms with van der Waals surface area (Å²) in [6, 6.07) is -0.635. The first kappa shape index (κ1) is 15.2. The van der Waals surface area contributed by atoms with E-state index in [-0.39, 0.29) is 12.1 Å². The molecule has 0 unspecified atom stereocenters. The number of urea groups is 1. The summed E-state index contributed by atoms with van der Waals surface area (Å²) in [7, 11) is 1.57. The SMILES string of the molecule is COC1(CNC(=O)N(CC(N)=O)CC(=O)O)CCC1. The summed E-state index contributed by atoms with van der Waals surface area (Å²) in [5.41, 5.74) is 4.61. The zero-order valence-electron chi connectivity index (χ0n) is 10.8. The molecule has 8 nitrogen and oxygen atoms in total. The third-order valence-electron chi connectivity index (χ3n) is 3.22. The molecule has 0 bridgehead atoms. The first-order chi connectivity index (χ1) is 8.88. The molecule has 1 fully saturated rings. The van der Waals surface area contributed by atoms with Gasteiger partial charge in [0.05, 0.1) is 5.60 Å². The summed E-state index contributed by atoms with van der Waals surface area (Å²) in [5, 5.41) is 11.3. The van der Waals surface area contributed by atoms with Crippen LogP contribution in [0.1, 0.15) is 19.3 Å². The number of hydrogen-bond donors (Lipinski definition) is 3. The van der Waals surface area contributed by atoms with Crippen LogP contribution in [0.2, 0.25) is 0 Å². The zero-order valence-corrected chi connectivity index (χ0v) is 10.8. The molecule has 8 heteroatoms. The molecule has 1 saturated carbocycles. The maximum absolute atomic E-state index is 11.8. The van der Waals surface area contributed by atoms with E-state index in [2.05, 4.69) is 5.32 Å². The number of primary amides is 1. The van der Waals surface area contributed by atoms with Crippen molar-refractivity contribution in [3.8, 4) is 0 Å². The summed E-state index contributed by atoms with van der Waals surface area (Å²) in [4.78, 5) is 34.1. The highest BCUT2D eigenvalue weighted by molar-refractivity contribution is 5.85. The van der Waals surface area contributed by atoms with Crippen LogP contribution >= 0.6 is 0 Å². The smallest absolute Gasteiger partial charge is 0.323 e. The lowest BCUT2D eigenvalue weighted by atomic mass is 9.80. The lowest BCUT2D eigenvalue weighted by Crippen LogP contribution is -2.53. The number of carboxylic acids is 1. The Morgan fingerprint density at radius 3 is 2.37 bits per heavy atom. The number of nitrogens with zero attached hydrogens (tertiary/aromatic N) is 1. The summed E-state index contributed by atoms with van der Waals surface area (Å²) in [6.45, 7) is -0.718. The number of methoxy groups -OCH3 is 1. The largest absolute Gasteiger partial charge is 0.480 e. The van der Waals surface area contributed by atoms with Gasteiger partial charge in [0.25, 0.3) is 0 Å². The van der Waals surface area contributed by atoms with E-state index in [4.69, 9.17) is 15.6 Å². The van der Waals surface area contributed by atoms with Crippen molar-refractivity contribution in [3.05, 3.63) is 0 Å². The number of nitrogens with one attached hydrogen (secondary N) is 1. The number of amides is 3. The zero-order chi connectivity index (χ0) is 14.5. The van der Waals surface area contributed by atoms with Crippen molar-refractivity contribution in [1.82, 2.24) is 10.2 Å². The molecule has 0 radical (unpaired) electrons. The topological polar surface area (TPSA) is 122 Å². The van der Waals surface area contributed by atoms with E-state index in [1.54, 1.807) is 7.11 Å². The van der Waals surface area contributed by atoms with Crippen molar-refractivity contribution in [3.63, 3.8) is 0 Å². The number of carbonyl (C=O) groups excluding carboxylic acids is 2. The number of carboxylic acid groups (broad SMARTS) is 1. The summed E-state index contributed by atoms with van der Waals surface area (Å²) in [6.07, 6.45) is 2.72. The standard InChI is InChI=1S/C11H19N3O5/c1-19-11(3-2-4-11)7-13-10(18)14(5-8(12)15)6-9(16)17/h2-7H2,1H3,(H2,12,15)(H,13,18)(H,16,17). The molecule has 0 heterocycles. The minimum atomic E-state index is -1.21. The Balaban J connectivity index is 2.51. The molecule has 1 rings (SSSR count). The van der Waals surface area contributed by atoms with Crippen molar-refractivity contribution >= 4 is 17.9 Å². The van der Waals surface area contributed by atoms with Gasteiger partial charge in [0.15, 0.2) is 0 Å². The number of aliphatic carboxylic acids is 1. The van der Waals surface area contributed by atoms with E-state index in [1.165, 1.54) is 0 Å². The molecule has 1 aliphatic carbocycles. The van der Waals surface area contributed by atoms with Gasteiger partial charge in [-0.15, -0.1) is 0 Å². The highest BCUT2D eigenvalue weighted by atomic mass is 16.5. The fraction of sp³-hybridized carbons (Fsp3) is 0.727. The van der Waals surface area contributed by atoms with E-state index in [0.29, 0.717) is 0 Å². The van der Waals surface area contributed by atoms with Gasteiger partial charge in [-0.25, -0.2) is 4.79 Å². The molecule has 0 aromatic carbocycles. The number of rotatable bonds is 7. The van der Waals surface area contributed by atoms with Crippen LogP contribution in [0.5, 0.6) is 0 Å². The molecule has 0 aromatic rings. The highest BCUT2D eigenvalue weighted by Gasteiger charge is 2.37. The molecule has 0 saturated heterocycles. The van der Waals surface area contributed by atoms with Crippen LogP contribution < -0.4 is 11.1 Å². The van der Waals surface area contributed by atoms with Crippen LogP contribution in [0.3, 0.4) is 0 Å². The summed E-state index contributed by atoms with van der Waals surface area (Å²) >= 11 is 0. The fourth-order valence-electron chi connectivity index (χ4n) is 1.92. The van der Waals surface area contributed by atoms with Crippen LogP contribution in [0.25, 0.3) is 0 Å². The number of carbonyl (C=O) groups is 3. The molecule has 0 aromatic heterocycles. The minimum Gasteiger partial charge on any atom is -0.480 e. The molecule has 3 amide bonds. The van der Waals surface area contributed by atoms with Gasteiger partial charge >= 0.3 is 12.0 Å². The van der Waals surface area contributed by atoms with Crippen molar-refractivity contribution in [2.45, 2.75) is 24.9 Å². The summed E-state index contributed by atoms with van der Waals surface area (Å²) < 4.78 is 5.32. The van der Waals surface area contributed by atoms with Gasteiger partial charge in [-0.3, -0.25) is 9.59 Å². The van der Waals surface area contributed by atoms with Gasteiger partial charge in [-0.2, -0.15) is 0 Å². The van der Waals surface area contributed by atoms with Gasteiger partial charge in [-0.05, 0) is 19.3 Å². The van der Waals surface area contributed by atoms with E-state index < -0.39 is 31.0 Å². The lowest BCUT2D eigenvalue weighted by Gasteiger charge is -2.40. The normalized spacial score (nSPS) is 16.3. The number of hydrogen-bond acceptors (Lipinski definition) is 4. The Bertz CT molecular complexity index is 346. The van der Waals surface area contributed by atoms with Crippen LogP contribution in [-0.4, -0.2) is 60.3 Å². The molecular weight excluding hydrogens is 254 g/mol. The van der Waals surface area contributed by atoms with E-state index >= 15 is 0 Å². The first-order valence-electron chi connectivity index (χ1n) is 5.96. The Labute approximate surface area is 110 Å². The molecule has 4 N–H and O–H groups in total. The van der Waals surface area contributed by atoms with E-state index in [0.717, 1.165) is 24.2 Å². The average molecular weight is 273 g/mol. The Hall–Kier alpha value is -1.83. The van der Waals surface area contributed by atoms with Gasteiger partial charge in [0.2, 0.25) is 5.91 Å². The Morgan fingerprint density at radius 1 is 1.37 bits per heavy atom. The molecule has 19 heavy (non-hydrogen) atoms. The second kappa shape index (κ2) is 6.37.